The summed E-state index contributed by atoms with van der Waals surface area (Å²) in [6, 6.07) is 4.15. The normalized spacial score (nSPS) is 20.7. The molecule has 0 spiro atoms. The fourth-order valence-corrected chi connectivity index (χ4v) is 4.35. The second-order valence-electron chi connectivity index (χ2n) is 5.07. The van der Waals surface area contributed by atoms with E-state index in [2.05, 4.69) is 4.98 Å². The minimum absolute atomic E-state index is 0.00416. The summed E-state index contributed by atoms with van der Waals surface area (Å²) in [4.78, 5) is 27.2. The van der Waals surface area contributed by atoms with E-state index in [1.165, 1.54) is 7.11 Å². The molecule has 112 valence electrons. The van der Waals surface area contributed by atoms with Crippen LogP contribution in [0.1, 0.15) is 12.5 Å². The fourth-order valence-electron chi connectivity index (χ4n) is 2.65. The van der Waals surface area contributed by atoms with Crippen LogP contribution in [0.5, 0.6) is 5.75 Å². The van der Waals surface area contributed by atoms with Crippen molar-refractivity contribution in [3.8, 4) is 5.75 Å². The van der Waals surface area contributed by atoms with Crippen LogP contribution < -0.4 is 16.0 Å². The molecule has 21 heavy (non-hydrogen) atoms. The van der Waals surface area contributed by atoms with E-state index in [1.807, 2.05) is 0 Å². The second-order valence-corrected chi connectivity index (χ2v) is 7.30. The van der Waals surface area contributed by atoms with Gasteiger partial charge in [0.05, 0.1) is 35.6 Å². The number of rotatable bonds is 2. The third kappa shape index (κ3) is 2.35. The molecule has 1 fully saturated rings. The lowest BCUT2D eigenvalue weighted by atomic mass is 10.2. The monoisotopic (exact) mass is 310 g/mol. The Hall–Kier alpha value is -2.09. The Morgan fingerprint density at radius 3 is 2.71 bits per heavy atom. The van der Waals surface area contributed by atoms with Crippen molar-refractivity contribution in [1.29, 1.82) is 0 Å². The standard InChI is InChI=1S/C13H14N2O5S/c1-20-9-2-3-10-11(6-9)14-13(17)15(12(10)16)8-4-5-21(18,19)7-8/h2-3,6,8H,4-5,7H2,1H3,(H,14,17). The molecule has 1 atom stereocenters. The second kappa shape index (κ2) is 4.73. The maximum absolute atomic E-state index is 12.5. The fraction of sp³-hybridized carbons (Fsp3) is 0.385. The third-order valence-electron chi connectivity index (χ3n) is 3.71. The van der Waals surface area contributed by atoms with E-state index in [-0.39, 0.29) is 17.9 Å². The van der Waals surface area contributed by atoms with E-state index >= 15 is 0 Å². The number of hydrogen-bond acceptors (Lipinski definition) is 5. The summed E-state index contributed by atoms with van der Waals surface area (Å²) in [5.74, 6) is 0.362. The molecule has 7 nitrogen and oxygen atoms in total. The molecule has 0 radical (unpaired) electrons. The van der Waals surface area contributed by atoms with Gasteiger partial charge in [0.15, 0.2) is 9.84 Å². The number of sulfone groups is 1. The van der Waals surface area contributed by atoms with Gasteiger partial charge < -0.3 is 9.72 Å². The number of aromatic nitrogens is 2. The molecule has 3 rings (SSSR count). The molecule has 8 heteroatoms. The lowest BCUT2D eigenvalue weighted by molar-refractivity contribution is 0.415. The highest BCUT2D eigenvalue weighted by Crippen LogP contribution is 2.22. The number of nitrogens with one attached hydrogen (secondary N) is 1. The molecule has 0 saturated carbocycles. The van der Waals surface area contributed by atoms with Crippen LogP contribution in [0.2, 0.25) is 0 Å². The minimum atomic E-state index is -3.17. The van der Waals surface area contributed by atoms with Gasteiger partial charge in [-0.2, -0.15) is 0 Å². The molecule has 0 bridgehead atoms. The van der Waals surface area contributed by atoms with Gasteiger partial charge in [0, 0.05) is 6.07 Å². The zero-order chi connectivity index (χ0) is 15.2. The first-order valence-corrected chi connectivity index (χ1v) is 8.26. The molecule has 2 heterocycles. The molecule has 1 aromatic carbocycles. The molecule has 1 unspecified atom stereocenters. The molecule has 1 saturated heterocycles. The highest BCUT2D eigenvalue weighted by atomic mass is 32.2. The van der Waals surface area contributed by atoms with Crippen molar-refractivity contribution in [3.05, 3.63) is 39.0 Å². The quantitative estimate of drug-likeness (QED) is 0.845. The molecule has 1 aliphatic rings. The van der Waals surface area contributed by atoms with Crippen LogP contribution >= 0.6 is 0 Å². The Balaban J connectivity index is 2.21. The van der Waals surface area contributed by atoms with Crippen LogP contribution in [0, 0.1) is 0 Å². The third-order valence-corrected chi connectivity index (χ3v) is 5.46. The van der Waals surface area contributed by atoms with E-state index in [9.17, 15) is 18.0 Å². The summed E-state index contributed by atoms with van der Waals surface area (Å²) in [7, 11) is -1.68. The molecule has 0 amide bonds. The van der Waals surface area contributed by atoms with Gasteiger partial charge in [-0.05, 0) is 18.6 Å². The zero-order valence-electron chi connectivity index (χ0n) is 11.3. The number of nitrogens with zero attached hydrogens (tertiary/aromatic N) is 1. The van der Waals surface area contributed by atoms with Crippen molar-refractivity contribution >= 4 is 20.7 Å². The predicted molar refractivity (Wildman–Crippen MR) is 77.7 cm³/mol. The van der Waals surface area contributed by atoms with E-state index in [0.717, 1.165) is 4.57 Å². The Bertz CT molecular complexity index is 926. The van der Waals surface area contributed by atoms with Gasteiger partial charge in [-0.15, -0.1) is 0 Å². The minimum Gasteiger partial charge on any atom is -0.497 e. The van der Waals surface area contributed by atoms with E-state index in [4.69, 9.17) is 4.74 Å². The van der Waals surface area contributed by atoms with Crippen LogP contribution in [0.3, 0.4) is 0 Å². The van der Waals surface area contributed by atoms with Crippen LogP contribution in [-0.4, -0.2) is 36.6 Å². The van der Waals surface area contributed by atoms with Crippen molar-refractivity contribution in [2.75, 3.05) is 18.6 Å². The van der Waals surface area contributed by atoms with Crippen molar-refractivity contribution in [2.24, 2.45) is 0 Å². The number of H-pyrrole nitrogens is 1. The number of hydrogen-bond donors (Lipinski definition) is 1. The lowest BCUT2D eigenvalue weighted by Gasteiger charge is -2.12. The topological polar surface area (TPSA) is 98.2 Å². The molecule has 2 aromatic rings. The van der Waals surface area contributed by atoms with E-state index in [1.54, 1.807) is 18.2 Å². The molecule has 1 N–H and O–H groups in total. The average Bonchev–Trinajstić information content (AvgIpc) is 2.78. The largest absolute Gasteiger partial charge is 0.497 e. The number of methoxy groups -OCH3 is 1. The summed E-state index contributed by atoms with van der Waals surface area (Å²) >= 11 is 0. The predicted octanol–water partition coefficient (Wildman–Crippen LogP) is 0.0580. The zero-order valence-corrected chi connectivity index (χ0v) is 12.1. The highest BCUT2D eigenvalue weighted by molar-refractivity contribution is 7.91. The van der Waals surface area contributed by atoms with E-state index < -0.39 is 27.1 Å². The van der Waals surface area contributed by atoms with Crippen LogP contribution in [-0.2, 0) is 9.84 Å². The van der Waals surface area contributed by atoms with Gasteiger partial charge in [-0.3, -0.25) is 9.36 Å². The number of aromatic amines is 1. The van der Waals surface area contributed by atoms with E-state index in [0.29, 0.717) is 16.7 Å². The van der Waals surface area contributed by atoms with Crippen LogP contribution in [0.15, 0.2) is 27.8 Å². The lowest BCUT2D eigenvalue weighted by Crippen LogP contribution is -2.38. The highest BCUT2D eigenvalue weighted by Gasteiger charge is 2.31. The maximum Gasteiger partial charge on any atom is 0.329 e. The first kappa shape index (κ1) is 13.9. The Morgan fingerprint density at radius 2 is 2.10 bits per heavy atom. The van der Waals surface area contributed by atoms with Crippen LogP contribution in [0.4, 0.5) is 0 Å². The number of fused-ring (bicyclic) bond motifs is 1. The molecular weight excluding hydrogens is 296 g/mol. The Kier molecular flexibility index (Phi) is 3.12. The molecule has 1 aliphatic heterocycles. The Morgan fingerprint density at radius 1 is 1.33 bits per heavy atom. The van der Waals surface area contributed by atoms with Gasteiger partial charge >= 0.3 is 5.69 Å². The number of benzene rings is 1. The first-order chi connectivity index (χ1) is 9.91. The van der Waals surface area contributed by atoms with Gasteiger partial charge in [-0.25, -0.2) is 13.2 Å². The van der Waals surface area contributed by atoms with Gasteiger partial charge in [0.2, 0.25) is 0 Å². The van der Waals surface area contributed by atoms with Crippen molar-refractivity contribution in [1.82, 2.24) is 9.55 Å². The van der Waals surface area contributed by atoms with Crippen LogP contribution in [0.25, 0.3) is 10.9 Å². The SMILES string of the molecule is COc1ccc2c(=O)n(C3CCS(=O)(=O)C3)c(=O)[nH]c2c1. The summed E-state index contributed by atoms with van der Waals surface area (Å²) in [5, 5.41) is 0.333. The molecule has 0 aliphatic carbocycles. The molecule has 1 aromatic heterocycles. The first-order valence-electron chi connectivity index (χ1n) is 6.44. The maximum atomic E-state index is 12.5. The van der Waals surface area contributed by atoms with Crippen molar-refractivity contribution in [2.45, 2.75) is 12.5 Å². The Labute approximate surface area is 120 Å². The smallest absolute Gasteiger partial charge is 0.329 e. The van der Waals surface area contributed by atoms with Crippen molar-refractivity contribution < 1.29 is 13.2 Å². The number of ether oxygens (including phenoxy) is 1. The van der Waals surface area contributed by atoms with Gasteiger partial charge in [-0.1, -0.05) is 0 Å². The average molecular weight is 310 g/mol. The summed E-state index contributed by atoms with van der Waals surface area (Å²) < 4.78 is 29.1. The van der Waals surface area contributed by atoms with Gasteiger partial charge in [0.25, 0.3) is 5.56 Å². The summed E-state index contributed by atoms with van der Waals surface area (Å²) in [6.07, 6.45) is 0.285. The summed E-state index contributed by atoms with van der Waals surface area (Å²) in [6.45, 7) is 0. The van der Waals surface area contributed by atoms with Crippen molar-refractivity contribution in [3.63, 3.8) is 0 Å². The molecular formula is C13H14N2O5S. The van der Waals surface area contributed by atoms with Gasteiger partial charge in [0.1, 0.15) is 5.75 Å². The summed E-state index contributed by atoms with van der Waals surface area (Å²) in [5.41, 5.74) is -0.692.